The molecule has 0 saturated carbocycles. The number of hydrogen-bond donors (Lipinski definition) is 3. The number of thioether (sulfide) groups is 1. The fraction of sp³-hybridized carbons (Fsp3) is 0.214. The second-order valence-electron chi connectivity index (χ2n) is 8.87. The number of ether oxygens (including phenoxy) is 1. The summed E-state index contributed by atoms with van der Waals surface area (Å²) >= 11 is 1.23. The summed E-state index contributed by atoms with van der Waals surface area (Å²) in [7, 11) is -2.60. The van der Waals surface area contributed by atoms with Gasteiger partial charge in [0.2, 0.25) is 10.0 Å². The van der Waals surface area contributed by atoms with Gasteiger partial charge in [-0.1, -0.05) is 24.3 Å². The van der Waals surface area contributed by atoms with Crippen molar-refractivity contribution in [1.82, 2.24) is 4.72 Å². The highest BCUT2D eigenvalue weighted by Gasteiger charge is 2.28. The molecule has 9 nitrogen and oxygen atoms in total. The van der Waals surface area contributed by atoms with Gasteiger partial charge in [0.1, 0.15) is 17.4 Å². The lowest BCUT2D eigenvalue weighted by Crippen LogP contribution is -2.43. The molecule has 2 atom stereocenters. The van der Waals surface area contributed by atoms with Gasteiger partial charge in [0, 0.05) is 28.5 Å². The third-order valence-corrected chi connectivity index (χ3v) is 8.68. The Labute approximate surface area is 229 Å². The van der Waals surface area contributed by atoms with Crippen molar-refractivity contribution >= 4 is 38.7 Å². The van der Waals surface area contributed by atoms with Crippen LogP contribution in [0.5, 0.6) is 5.75 Å². The van der Waals surface area contributed by atoms with Crippen LogP contribution in [-0.2, 0) is 14.8 Å². The minimum atomic E-state index is -4.17. The van der Waals surface area contributed by atoms with Crippen LogP contribution in [0, 0.1) is 6.92 Å². The zero-order valence-corrected chi connectivity index (χ0v) is 22.8. The Balaban J connectivity index is 1.40. The number of aliphatic carboxylic acids is 1. The van der Waals surface area contributed by atoms with Crippen LogP contribution in [-0.4, -0.2) is 49.6 Å². The quantitative estimate of drug-likeness (QED) is 0.180. The summed E-state index contributed by atoms with van der Waals surface area (Å²) in [6.07, 6.45) is -1.47. The van der Waals surface area contributed by atoms with E-state index in [-0.39, 0.29) is 17.1 Å². The lowest BCUT2D eigenvalue weighted by molar-refractivity contribution is -0.139. The standard InChI is InChI=1S/C28H27NO8S2/c1-17-13-27(31)37-26-15-22(9-12-24(17)26)38-16-20(30)14-25(28(32)33)29-39(34,35)23-10-5-19(6-11-23)18-3-7-21(36-2)8-4-18/h3-13,15,20,25,29-30H,14,16H2,1-2H3,(H,32,33). The molecule has 39 heavy (non-hydrogen) atoms. The highest BCUT2D eigenvalue weighted by atomic mass is 32.2. The first kappa shape index (κ1) is 28.4. The van der Waals surface area contributed by atoms with Gasteiger partial charge in [-0.2, -0.15) is 4.72 Å². The molecule has 11 heteroatoms. The average Bonchev–Trinajstić information content (AvgIpc) is 2.91. The van der Waals surface area contributed by atoms with Gasteiger partial charge < -0.3 is 19.4 Å². The van der Waals surface area contributed by atoms with Crippen molar-refractivity contribution in [3.05, 3.63) is 88.8 Å². The van der Waals surface area contributed by atoms with Crippen LogP contribution < -0.4 is 15.1 Å². The zero-order valence-electron chi connectivity index (χ0n) is 21.2. The van der Waals surface area contributed by atoms with Crippen molar-refractivity contribution in [1.29, 1.82) is 0 Å². The lowest BCUT2D eigenvalue weighted by Gasteiger charge is -2.18. The Hall–Kier alpha value is -3.64. The molecule has 0 aliphatic carbocycles. The van der Waals surface area contributed by atoms with Crippen LogP contribution in [0.15, 0.2) is 91.8 Å². The maximum atomic E-state index is 12.9. The van der Waals surface area contributed by atoms with Gasteiger partial charge >= 0.3 is 11.6 Å². The molecule has 0 radical (unpaired) electrons. The first-order valence-corrected chi connectivity index (χ1v) is 14.4. The predicted molar refractivity (Wildman–Crippen MR) is 149 cm³/mol. The molecule has 3 N–H and O–H groups in total. The van der Waals surface area contributed by atoms with Crippen molar-refractivity contribution in [2.24, 2.45) is 0 Å². The van der Waals surface area contributed by atoms with Crippen molar-refractivity contribution in [3.8, 4) is 16.9 Å². The number of methoxy groups -OCH3 is 1. The van der Waals surface area contributed by atoms with E-state index >= 15 is 0 Å². The number of rotatable bonds is 11. The van der Waals surface area contributed by atoms with Crippen molar-refractivity contribution in [2.45, 2.75) is 35.3 Å². The molecule has 2 unspecified atom stereocenters. The van der Waals surface area contributed by atoms with Crippen LogP contribution in [0.3, 0.4) is 0 Å². The summed E-state index contributed by atoms with van der Waals surface area (Å²) in [5.41, 5.74) is 2.37. The predicted octanol–water partition coefficient (Wildman–Crippen LogP) is 4.05. The van der Waals surface area contributed by atoms with Crippen LogP contribution >= 0.6 is 11.8 Å². The maximum absolute atomic E-state index is 12.9. The third-order valence-electron chi connectivity index (χ3n) is 6.06. The molecule has 1 aromatic heterocycles. The van der Waals surface area contributed by atoms with Gasteiger partial charge in [0.25, 0.3) is 0 Å². The fourth-order valence-corrected chi connectivity index (χ4v) is 6.07. The van der Waals surface area contributed by atoms with E-state index in [0.717, 1.165) is 22.1 Å². The lowest BCUT2D eigenvalue weighted by atomic mass is 10.1. The van der Waals surface area contributed by atoms with E-state index in [2.05, 4.69) is 4.72 Å². The van der Waals surface area contributed by atoms with Gasteiger partial charge in [0.05, 0.1) is 18.1 Å². The normalized spacial score (nSPS) is 13.2. The number of aliphatic hydroxyl groups is 1. The molecule has 0 bridgehead atoms. The molecular weight excluding hydrogens is 542 g/mol. The van der Waals surface area contributed by atoms with E-state index < -0.39 is 33.8 Å². The fourth-order valence-electron chi connectivity index (χ4n) is 3.99. The number of benzene rings is 3. The number of sulfonamides is 1. The molecule has 0 aliphatic rings. The van der Waals surface area contributed by atoms with Crippen LogP contribution in [0.1, 0.15) is 12.0 Å². The summed E-state index contributed by atoms with van der Waals surface area (Å²) in [4.78, 5) is 24.1. The van der Waals surface area contributed by atoms with E-state index in [1.54, 1.807) is 56.5 Å². The Morgan fingerprint density at radius 1 is 1.03 bits per heavy atom. The number of carboxylic acids is 1. The minimum Gasteiger partial charge on any atom is -0.497 e. The Morgan fingerprint density at radius 2 is 1.67 bits per heavy atom. The van der Waals surface area contributed by atoms with Crippen LogP contribution in [0.25, 0.3) is 22.1 Å². The topological polar surface area (TPSA) is 143 Å². The highest BCUT2D eigenvalue weighted by molar-refractivity contribution is 7.99. The summed E-state index contributed by atoms with van der Waals surface area (Å²) in [6.45, 7) is 1.80. The van der Waals surface area contributed by atoms with Crippen LogP contribution in [0.2, 0.25) is 0 Å². The second-order valence-corrected chi connectivity index (χ2v) is 11.7. The molecule has 3 aromatic carbocycles. The van der Waals surface area contributed by atoms with Crippen molar-refractivity contribution in [2.75, 3.05) is 12.9 Å². The first-order valence-electron chi connectivity index (χ1n) is 11.9. The number of hydrogen-bond acceptors (Lipinski definition) is 8. The Kier molecular flexibility index (Phi) is 8.76. The molecule has 4 rings (SSSR count). The Morgan fingerprint density at radius 3 is 2.28 bits per heavy atom. The van der Waals surface area contributed by atoms with E-state index in [4.69, 9.17) is 9.15 Å². The zero-order chi connectivity index (χ0) is 28.2. The largest absolute Gasteiger partial charge is 0.497 e. The van der Waals surface area contributed by atoms with E-state index in [9.17, 15) is 28.2 Å². The molecule has 1 heterocycles. The summed E-state index contributed by atoms with van der Waals surface area (Å²) in [5.74, 6) is -0.604. The SMILES string of the molecule is COc1ccc(-c2ccc(S(=O)(=O)NC(CC(O)CSc3ccc4c(C)cc(=O)oc4c3)C(=O)O)cc2)cc1. The molecule has 0 saturated heterocycles. The average molecular weight is 570 g/mol. The number of fused-ring (bicyclic) bond motifs is 1. The summed E-state index contributed by atoms with van der Waals surface area (Å²) < 4.78 is 38.4. The van der Waals surface area contributed by atoms with Gasteiger partial charge in [-0.05, 0) is 66.1 Å². The minimum absolute atomic E-state index is 0.0946. The number of aryl methyl sites for hydroxylation is 1. The highest BCUT2D eigenvalue weighted by Crippen LogP contribution is 2.27. The summed E-state index contributed by atoms with van der Waals surface area (Å²) in [6, 6.07) is 18.5. The van der Waals surface area contributed by atoms with E-state index in [0.29, 0.717) is 16.2 Å². The number of carboxylic acid groups (broad SMARTS) is 1. The van der Waals surface area contributed by atoms with Crippen molar-refractivity contribution < 1.29 is 32.6 Å². The van der Waals surface area contributed by atoms with Gasteiger partial charge in [-0.3, -0.25) is 4.79 Å². The smallest absolute Gasteiger partial charge is 0.336 e. The second kappa shape index (κ2) is 12.0. The third kappa shape index (κ3) is 7.07. The maximum Gasteiger partial charge on any atom is 0.336 e. The Bertz CT molecular complexity index is 1630. The van der Waals surface area contributed by atoms with Crippen LogP contribution in [0.4, 0.5) is 0 Å². The molecule has 4 aromatic rings. The monoisotopic (exact) mass is 569 g/mol. The molecule has 204 valence electrons. The first-order chi connectivity index (χ1) is 18.6. The van der Waals surface area contributed by atoms with Gasteiger partial charge in [-0.15, -0.1) is 11.8 Å². The summed E-state index contributed by atoms with van der Waals surface area (Å²) in [5, 5.41) is 20.9. The molecule has 0 amide bonds. The van der Waals surface area contributed by atoms with Gasteiger partial charge in [0.15, 0.2) is 0 Å². The number of aliphatic hydroxyl groups excluding tert-OH is 1. The number of carbonyl (C=O) groups is 1. The van der Waals surface area contributed by atoms with Crippen molar-refractivity contribution in [3.63, 3.8) is 0 Å². The molecule has 0 fully saturated rings. The molecule has 0 spiro atoms. The van der Waals surface area contributed by atoms with E-state index in [1.807, 2.05) is 12.1 Å². The van der Waals surface area contributed by atoms with Gasteiger partial charge in [-0.25, -0.2) is 13.2 Å². The molecular formula is C28H27NO8S2. The molecule has 0 aliphatic heterocycles. The number of nitrogens with one attached hydrogen (secondary N) is 1. The van der Waals surface area contributed by atoms with E-state index in [1.165, 1.54) is 30.0 Å².